The molecule has 0 saturated carbocycles. The Balaban J connectivity index is 0.00000225. The number of halogens is 1. The number of morpholine rings is 1. The van der Waals surface area contributed by atoms with Crippen LogP contribution >= 0.6 is 12.4 Å². The number of ether oxygens (including phenoxy) is 2. The lowest BCUT2D eigenvalue weighted by Crippen LogP contribution is -2.40. The minimum Gasteiger partial charge on any atom is -0.494 e. The first kappa shape index (κ1) is 19.5. The lowest BCUT2D eigenvalue weighted by Gasteiger charge is -2.23. The second-order valence-corrected chi connectivity index (χ2v) is 5.98. The van der Waals surface area contributed by atoms with Crippen LogP contribution in [0.15, 0.2) is 18.2 Å². The zero-order chi connectivity index (χ0) is 16.9. The van der Waals surface area contributed by atoms with E-state index >= 15 is 0 Å². The molecule has 2 aliphatic heterocycles. The molecule has 1 aromatic carbocycles. The first-order valence-corrected chi connectivity index (χ1v) is 8.28. The molecule has 0 bridgehead atoms. The molecule has 3 rings (SSSR count). The fourth-order valence-corrected chi connectivity index (χ4v) is 3.05. The van der Waals surface area contributed by atoms with E-state index in [1.165, 1.54) is 0 Å². The van der Waals surface area contributed by atoms with E-state index in [-0.39, 0.29) is 30.3 Å². The molecule has 7 nitrogen and oxygen atoms in total. The van der Waals surface area contributed by atoms with Crippen molar-refractivity contribution in [3.8, 4) is 5.75 Å². The summed E-state index contributed by atoms with van der Waals surface area (Å²) in [6.45, 7) is 2.84. The van der Waals surface area contributed by atoms with Crippen LogP contribution in [0.3, 0.4) is 0 Å². The number of hydrogen-bond donors (Lipinski definition) is 2. The van der Waals surface area contributed by atoms with Crippen LogP contribution in [0.4, 0.5) is 11.4 Å². The van der Waals surface area contributed by atoms with Crippen molar-refractivity contribution in [2.24, 2.45) is 0 Å². The maximum atomic E-state index is 12.1. The van der Waals surface area contributed by atoms with Crippen molar-refractivity contribution in [3.05, 3.63) is 18.2 Å². The van der Waals surface area contributed by atoms with Gasteiger partial charge in [-0.2, -0.15) is 0 Å². The highest BCUT2D eigenvalue weighted by molar-refractivity contribution is 5.98. The summed E-state index contributed by atoms with van der Waals surface area (Å²) in [6.07, 6.45) is 1.64. The summed E-state index contributed by atoms with van der Waals surface area (Å²) in [7, 11) is 1.56. The number of benzene rings is 1. The van der Waals surface area contributed by atoms with Gasteiger partial charge in [0.1, 0.15) is 5.75 Å². The summed E-state index contributed by atoms with van der Waals surface area (Å²) < 4.78 is 10.9. The van der Waals surface area contributed by atoms with Crippen LogP contribution in [0.1, 0.15) is 19.3 Å². The zero-order valence-electron chi connectivity index (χ0n) is 14.2. The molecule has 25 heavy (non-hydrogen) atoms. The Bertz CT molecular complexity index is 620. The Morgan fingerprint density at radius 1 is 1.48 bits per heavy atom. The fourth-order valence-electron chi connectivity index (χ4n) is 3.05. The van der Waals surface area contributed by atoms with Crippen molar-refractivity contribution >= 4 is 35.6 Å². The number of hydrogen-bond acceptors (Lipinski definition) is 5. The second kappa shape index (κ2) is 9.03. The minimum absolute atomic E-state index is 0. The van der Waals surface area contributed by atoms with Gasteiger partial charge in [0.2, 0.25) is 11.8 Å². The second-order valence-electron chi connectivity index (χ2n) is 5.98. The predicted molar refractivity (Wildman–Crippen MR) is 97.7 cm³/mol. The Kier molecular flexibility index (Phi) is 7.04. The number of methoxy groups -OCH3 is 1. The standard InChI is InChI=1S/C17H23N3O4.ClH/c1-23-15-9-12(4-5-14(15)20-7-2-3-17(20)22)19-16(21)10-13-11-18-6-8-24-13;/h4-5,9,13,18H,2-3,6-8,10-11H2,1H3,(H,19,21);1H. The average Bonchev–Trinajstić information content (AvgIpc) is 3.01. The fraction of sp³-hybridized carbons (Fsp3) is 0.529. The average molecular weight is 370 g/mol. The van der Waals surface area contributed by atoms with E-state index in [9.17, 15) is 9.59 Å². The van der Waals surface area contributed by atoms with E-state index in [2.05, 4.69) is 10.6 Å². The Hall–Kier alpha value is -1.83. The van der Waals surface area contributed by atoms with Crippen molar-refractivity contribution in [2.75, 3.05) is 43.6 Å². The predicted octanol–water partition coefficient (Wildman–Crippen LogP) is 1.56. The molecular weight excluding hydrogens is 346 g/mol. The molecular formula is C17H24ClN3O4. The van der Waals surface area contributed by atoms with Crippen molar-refractivity contribution < 1.29 is 19.1 Å². The number of carbonyl (C=O) groups is 2. The van der Waals surface area contributed by atoms with Crippen LogP contribution in [-0.4, -0.2) is 51.3 Å². The van der Waals surface area contributed by atoms with Gasteiger partial charge in [-0.3, -0.25) is 9.59 Å². The summed E-state index contributed by atoms with van der Waals surface area (Å²) >= 11 is 0. The van der Waals surface area contributed by atoms with E-state index in [4.69, 9.17) is 9.47 Å². The van der Waals surface area contributed by atoms with Crippen LogP contribution in [0.25, 0.3) is 0 Å². The van der Waals surface area contributed by atoms with Crippen molar-refractivity contribution in [3.63, 3.8) is 0 Å². The number of anilines is 2. The topological polar surface area (TPSA) is 79.9 Å². The SMILES string of the molecule is COc1cc(NC(=O)CC2CNCCO2)ccc1N1CCCC1=O.Cl. The van der Waals surface area contributed by atoms with Crippen LogP contribution < -0.4 is 20.3 Å². The number of rotatable bonds is 5. The first-order valence-electron chi connectivity index (χ1n) is 8.28. The van der Waals surface area contributed by atoms with Gasteiger partial charge in [0.05, 0.1) is 31.9 Å². The van der Waals surface area contributed by atoms with E-state index in [0.29, 0.717) is 44.0 Å². The highest BCUT2D eigenvalue weighted by Crippen LogP contribution is 2.33. The van der Waals surface area contributed by atoms with Gasteiger partial charge in [-0.15, -0.1) is 12.4 Å². The summed E-state index contributed by atoms with van der Waals surface area (Å²) in [4.78, 5) is 25.8. The summed E-state index contributed by atoms with van der Waals surface area (Å²) in [5.41, 5.74) is 1.40. The normalized spacial score (nSPS) is 20.1. The number of carbonyl (C=O) groups excluding carboxylic acids is 2. The van der Waals surface area contributed by atoms with Crippen molar-refractivity contribution in [1.29, 1.82) is 0 Å². The first-order chi connectivity index (χ1) is 11.7. The zero-order valence-corrected chi connectivity index (χ0v) is 15.1. The van der Waals surface area contributed by atoms with Gasteiger partial charge in [0, 0.05) is 37.8 Å². The van der Waals surface area contributed by atoms with Gasteiger partial charge in [0.15, 0.2) is 0 Å². The van der Waals surface area contributed by atoms with Crippen LogP contribution in [-0.2, 0) is 14.3 Å². The molecule has 2 heterocycles. The van der Waals surface area contributed by atoms with Crippen LogP contribution in [0.5, 0.6) is 5.75 Å². The summed E-state index contributed by atoms with van der Waals surface area (Å²) in [6, 6.07) is 5.36. The third kappa shape index (κ3) is 4.84. The lowest BCUT2D eigenvalue weighted by molar-refractivity contribution is -0.119. The van der Waals surface area contributed by atoms with Crippen molar-refractivity contribution in [2.45, 2.75) is 25.4 Å². The molecule has 2 aliphatic rings. The lowest BCUT2D eigenvalue weighted by atomic mass is 10.2. The van der Waals surface area contributed by atoms with Gasteiger partial charge in [-0.05, 0) is 18.6 Å². The summed E-state index contributed by atoms with van der Waals surface area (Å²) in [5.74, 6) is 0.585. The van der Waals surface area contributed by atoms with E-state index < -0.39 is 0 Å². The molecule has 0 aliphatic carbocycles. The highest BCUT2D eigenvalue weighted by atomic mass is 35.5. The minimum atomic E-state index is -0.101. The monoisotopic (exact) mass is 369 g/mol. The van der Waals surface area contributed by atoms with Gasteiger partial charge in [-0.1, -0.05) is 0 Å². The van der Waals surface area contributed by atoms with E-state index in [0.717, 1.165) is 18.7 Å². The molecule has 1 unspecified atom stereocenters. The Morgan fingerprint density at radius 3 is 2.96 bits per heavy atom. The van der Waals surface area contributed by atoms with Gasteiger partial charge in [0.25, 0.3) is 0 Å². The van der Waals surface area contributed by atoms with Crippen molar-refractivity contribution in [1.82, 2.24) is 5.32 Å². The molecule has 1 aromatic rings. The number of nitrogens with zero attached hydrogens (tertiary/aromatic N) is 1. The van der Waals surface area contributed by atoms with E-state index in [1.807, 2.05) is 6.07 Å². The van der Waals surface area contributed by atoms with Gasteiger partial charge >= 0.3 is 0 Å². The molecule has 0 spiro atoms. The van der Waals surface area contributed by atoms with Crippen LogP contribution in [0.2, 0.25) is 0 Å². The third-order valence-corrected chi connectivity index (χ3v) is 4.25. The molecule has 138 valence electrons. The maximum absolute atomic E-state index is 12.1. The third-order valence-electron chi connectivity index (χ3n) is 4.25. The summed E-state index contributed by atoms with van der Waals surface area (Å²) in [5, 5.41) is 6.07. The Morgan fingerprint density at radius 2 is 2.32 bits per heavy atom. The molecule has 0 aromatic heterocycles. The quantitative estimate of drug-likeness (QED) is 0.823. The molecule has 0 radical (unpaired) electrons. The number of amides is 2. The smallest absolute Gasteiger partial charge is 0.227 e. The molecule has 1 atom stereocenters. The molecule has 2 fully saturated rings. The van der Waals surface area contributed by atoms with E-state index in [1.54, 1.807) is 24.1 Å². The molecule has 8 heteroatoms. The molecule has 2 amide bonds. The number of nitrogens with one attached hydrogen (secondary N) is 2. The largest absolute Gasteiger partial charge is 0.494 e. The maximum Gasteiger partial charge on any atom is 0.227 e. The molecule has 2 saturated heterocycles. The molecule has 2 N–H and O–H groups in total. The highest BCUT2D eigenvalue weighted by Gasteiger charge is 2.25. The Labute approximate surface area is 153 Å². The van der Waals surface area contributed by atoms with Crippen LogP contribution in [0, 0.1) is 0 Å². The van der Waals surface area contributed by atoms with Gasteiger partial charge < -0.3 is 25.0 Å². The van der Waals surface area contributed by atoms with Gasteiger partial charge in [-0.25, -0.2) is 0 Å².